The van der Waals surface area contributed by atoms with E-state index in [0.717, 1.165) is 45.3 Å². The molecule has 4 rings (SSSR count). The van der Waals surface area contributed by atoms with Gasteiger partial charge in [0.1, 0.15) is 16.4 Å². The molecular formula is C24H26N2O3S. The summed E-state index contributed by atoms with van der Waals surface area (Å²) in [5, 5.41) is 5.82. The van der Waals surface area contributed by atoms with Gasteiger partial charge in [-0.3, -0.25) is 4.79 Å². The lowest BCUT2D eigenvalue weighted by atomic mass is 10.0. The van der Waals surface area contributed by atoms with Crippen LogP contribution in [0.25, 0.3) is 10.6 Å². The normalized spacial score (nSPS) is 14.1. The molecule has 1 aliphatic heterocycles. The van der Waals surface area contributed by atoms with Gasteiger partial charge in [0, 0.05) is 36.5 Å². The van der Waals surface area contributed by atoms with Crippen molar-refractivity contribution in [1.29, 1.82) is 0 Å². The summed E-state index contributed by atoms with van der Waals surface area (Å²) in [5.41, 5.74) is 3.95. The summed E-state index contributed by atoms with van der Waals surface area (Å²) in [7, 11) is 0. The van der Waals surface area contributed by atoms with E-state index in [-0.39, 0.29) is 11.5 Å². The van der Waals surface area contributed by atoms with E-state index in [4.69, 9.17) is 14.5 Å². The Hall–Kier alpha value is -2.86. The van der Waals surface area contributed by atoms with Gasteiger partial charge in [-0.25, -0.2) is 4.98 Å². The molecule has 0 radical (unpaired) electrons. The highest BCUT2D eigenvalue weighted by atomic mass is 32.1. The van der Waals surface area contributed by atoms with Gasteiger partial charge in [0.15, 0.2) is 11.5 Å². The fraction of sp³-hybridized carbons (Fsp3) is 0.333. The second kappa shape index (κ2) is 8.11. The van der Waals surface area contributed by atoms with E-state index in [9.17, 15) is 4.79 Å². The summed E-state index contributed by atoms with van der Waals surface area (Å²) in [5.74, 6) is 2.24. The maximum absolute atomic E-state index is 11.3. The van der Waals surface area contributed by atoms with Crippen LogP contribution in [0.15, 0.2) is 41.8 Å². The van der Waals surface area contributed by atoms with Gasteiger partial charge >= 0.3 is 0 Å². The quantitative estimate of drug-likeness (QED) is 0.585. The van der Waals surface area contributed by atoms with E-state index in [1.165, 1.54) is 6.92 Å². The third-order valence-corrected chi connectivity index (χ3v) is 5.97. The molecule has 5 nitrogen and oxygen atoms in total. The number of carbonyl (C=O) groups excluding carboxylic acids is 1. The first-order valence-corrected chi connectivity index (χ1v) is 11.0. The second-order valence-corrected chi connectivity index (χ2v) is 9.06. The Morgan fingerprint density at radius 3 is 2.73 bits per heavy atom. The molecule has 0 saturated heterocycles. The highest BCUT2D eigenvalue weighted by Gasteiger charge is 2.32. The van der Waals surface area contributed by atoms with E-state index in [1.54, 1.807) is 11.3 Å². The van der Waals surface area contributed by atoms with Crippen LogP contribution in [-0.4, -0.2) is 23.0 Å². The van der Waals surface area contributed by atoms with Gasteiger partial charge in [0.05, 0.1) is 5.56 Å². The van der Waals surface area contributed by atoms with Crippen LogP contribution in [-0.2, 0) is 17.6 Å². The van der Waals surface area contributed by atoms with E-state index < -0.39 is 0 Å². The van der Waals surface area contributed by atoms with Crippen LogP contribution in [0.5, 0.6) is 17.2 Å². The summed E-state index contributed by atoms with van der Waals surface area (Å²) in [6, 6.07) is 12.1. The number of nitrogens with one attached hydrogen (secondary N) is 1. The van der Waals surface area contributed by atoms with Crippen molar-refractivity contribution in [2.24, 2.45) is 0 Å². The molecule has 1 aromatic heterocycles. The van der Waals surface area contributed by atoms with Crippen molar-refractivity contribution < 1.29 is 14.3 Å². The van der Waals surface area contributed by atoms with Crippen LogP contribution < -0.4 is 14.8 Å². The van der Waals surface area contributed by atoms with Gasteiger partial charge in [-0.15, -0.1) is 11.3 Å². The van der Waals surface area contributed by atoms with E-state index in [1.807, 2.05) is 36.6 Å². The molecule has 0 unspecified atom stereocenters. The zero-order valence-electron chi connectivity index (χ0n) is 17.7. The average Bonchev–Trinajstić information content (AvgIpc) is 3.23. The molecular weight excluding hydrogens is 396 g/mol. The molecule has 1 amide bonds. The van der Waals surface area contributed by atoms with Crippen molar-refractivity contribution in [3.8, 4) is 27.8 Å². The molecule has 1 N–H and O–H groups in total. The lowest BCUT2D eigenvalue weighted by Gasteiger charge is -2.19. The topological polar surface area (TPSA) is 60.5 Å². The number of thiazole rings is 1. The standard InChI is InChI=1S/C24H26N2O3S/c1-15-14-30-23(26-15)21-17(11-12-25-16(2)27)7-5-9-19(21)28-20-10-6-8-18-13-24(3,4)29-22(18)20/h5-10,14H,11-13H2,1-4H3,(H,25,27). The number of hydrogen-bond donors (Lipinski definition) is 1. The Bertz CT molecular complexity index is 1090. The number of aromatic nitrogens is 1. The van der Waals surface area contributed by atoms with Crippen molar-refractivity contribution in [2.75, 3.05) is 6.54 Å². The number of aryl methyl sites for hydroxylation is 1. The molecule has 2 heterocycles. The monoisotopic (exact) mass is 422 g/mol. The number of carbonyl (C=O) groups is 1. The number of ether oxygens (including phenoxy) is 2. The van der Waals surface area contributed by atoms with Crippen molar-refractivity contribution in [1.82, 2.24) is 10.3 Å². The predicted octanol–water partition coefficient (Wildman–Crippen LogP) is 5.30. The predicted molar refractivity (Wildman–Crippen MR) is 120 cm³/mol. The van der Waals surface area contributed by atoms with E-state index in [2.05, 4.69) is 31.3 Å². The van der Waals surface area contributed by atoms with Crippen molar-refractivity contribution in [3.63, 3.8) is 0 Å². The third kappa shape index (κ3) is 4.33. The van der Waals surface area contributed by atoms with Gasteiger partial charge in [0.25, 0.3) is 0 Å². The molecule has 0 spiro atoms. The maximum atomic E-state index is 11.3. The zero-order valence-corrected chi connectivity index (χ0v) is 18.6. The Labute approximate surface area is 181 Å². The molecule has 3 aromatic rings. The van der Waals surface area contributed by atoms with Gasteiger partial charge in [-0.2, -0.15) is 0 Å². The van der Waals surface area contributed by atoms with Gasteiger partial charge in [-0.1, -0.05) is 24.3 Å². The Morgan fingerprint density at radius 1 is 1.23 bits per heavy atom. The lowest BCUT2D eigenvalue weighted by molar-refractivity contribution is -0.118. The molecule has 0 atom stereocenters. The van der Waals surface area contributed by atoms with Crippen molar-refractivity contribution >= 4 is 17.2 Å². The molecule has 0 aliphatic carbocycles. The number of para-hydroxylation sites is 1. The van der Waals surface area contributed by atoms with Gasteiger partial charge < -0.3 is 14.8 Å². The fourth-order valence-corrected chi connectivity index (χ4v) is 4.62. The highest BCUT2D eigenvalue weighted by molar-refractivity contribution is 7.13. The minimum Gasteiger partial charge on any atom is -0.483 e. The molecule has 0 fully saturated rings. The minimum absolute atomic E-state index is 0.0336. The summed E-state index contributed by atoms with van der Waals surface area (Å²) < 4.78 is 12.6. The van der Waals surface area contributed by atoms with Gasteiger partial charge in [0.2, 0.25) is 5.91 Å². The largest absolute Gasteiger partial charge is 0.483 e. The van der Waals surface area contributed by atoms with Crippen LogP contribution in [0.4, 0.5) is 0 Å². The first kappa shape index (κ1) is 20.4. The molecule has 0 saturated carbocycles. The second-order valence-electron chi connectivity index (χ2n) is 8.20. The Morgan fingerprint density at radius 2 is 2.00 bits per heavy atom. The van der Waals surface area contributed by atoms with Crippen LogP contribution in [0.1, 0.15) is 37.6 Å². The number of nitrogens with zero attached hydrogens (tertiary/aromatic N) is 1. The number of rotatable bonds is 6. The molecule has 0 bridgehead atoms. The van der Waals surface area contributed by atoms with Crippen LogP contribution in [0.2, 0.25) is 0 Å². The average molecular weight is 423 g/mol. The van der Waals surface area contributed by atoms with Crippen LogP contribution in [0, 0.1) is 6.92 Å². The summed E-state index contributed by atoms with van der Waals surface area (Å²) >= 11 is 1.60. The number of fused-ring (bicyclic) bond motifs is 1. The summed E-state index contributed by atoms with van der Waals surface area (Å²) in [6.07, 6.45) is 1.55. The first-order valence-electron chi connectivity index (χ1n) is 10.1. The van der Waals surface area contributed by atoms with Crippen LogP contribution >= 0.6 is 11.3 Å². The fourth-order valence-electron chi connectivity index (χ4n) is 3.74. The lowest BCUT2D eigenvalue weighted by Crippen LogP contribution is -2.24. The zero-order chi connectivity index (χ0) is 21.3. The third-order valence-electron chi connectivity index (χ3n) is 4.99. The van der Waals surface area contributed by atoms with Crippen molar-refractivity contribution in [2.45, 2.75) is 46.1 Å². The van der Waals surface area contributed by atoms with Gasteiger partial charge in [-0.05, 0) is 44.9 Å². The molecule has 30 heavy (non-hydrogen) atoms. The molecule has 1 aliphatic rings. The van der Waals surface area contributed by atoms with E-state index in [0.29, 0.717) is 18.7 Å². The Kier molecular flexibility index (Phi) is 5.52. The highest BCUT2D eigenvalue weighted by Crippen LogP contribution is 2.45. The molecule has 6 heteroatoms. The minimum atomic E-state index is -0.239. The maximum Gasteiger partial charge on any atom is 0.216 e. The van der Waals surface area contributed by atoms with Crippen LogP contribution in [0.3, 0.4) is 0 Å². The van der Waals surface area contributed by atoms with Crippen molar-refractivity contribution in [3.05, 3.63) is 58.6 Å². The number of benzene rings is 2. The first-order chi connectivity index (χ1) is 14.3. The van der Waals surface area contributed by atoms with E-state index >= 15 is 0 Å². The summed E-state index contributed by atoms with van der Waals surface area (Å²) in [4.78, 5) is 16.0. The summed E-state index contributed by atoms with van der Waals surface area (Å²) in [6.45, 7) is 8.25. The molecule has 2 aromatic carbocycles. The number of amides is 1. The Balaban J connectivity index is 1.72. The SMILES string of the molecule is CC(=O)NCCc1cccc(Oc2cccc3c2OC(C)(C)C3)c1-c1nc(C)cs1. The molecule has 156 valence electrons. The smallest absolute Gasteiger partial charge is 0.216 e. The number of hydrogen-bond acceptors (Lipinski definition) is 5.